The summed E-state index contributed by atoms with van der Waals surface area (Å²) in [6.45, 7) is 4.42. The van der Waals surface area contributed by atoms with E-state index in [2.05, 4.69) is 45.2 Å². The fourth-order valence-corrected chi connectivity index (χ4v) is 2.46. The Hall–Kier alpha value is -0.450. The number of aryl methyl sites for hydroxylation is 1. The van der Waals surface area contributed by atoms with Crippen LogP contribution in [0.4, 0.5) is 0 Å². The highest BCUT2D eigenvalue weighted by Crippen LogP contribution is 2.31. The first kappa shape index (κ1) is 11.6. The van der Waals surface area contributed by atoms with Crippen molar-refractivity contribution in [2.45, 2.75) is 33.1 Å². The summed E-state index contributed by atoms with van der Waals surface area (Å²) in [7, 11) is 1.80. The minimum Gasteiger partial charge on any atom is -0.167 e. The molecule has 5 heteroatoms. The molecule has 14 heavy (non-hydrogen) atoms. The Morgan fingerprint density at radius 1 is 1.36 bits per heavy atom. The number of aromatic nitrogens is 4. The summed E-state index contributed by atoms with van der Waals surface area (Å²) in [5, 5.41) is 13.1. The number of nitrogens with zero attached hydrogens (tertiary/aromatic N) is 4. The molecule has 4 nitrogen and oxygen atoms in total. The quantitative estimate of drug-likeness (QED) is 0.761. The van der Waals surface area contributed by atoms with Gasteiger partial charge in [-0.15, -0.1) is 10.2 Å². The van der Waals surface area contributed by atoms with Gasteiger partial charge in [-0.2, -0.15) is 4.80 Å². The molecule has 1 rings (SSSR count). The standard InChI is InChI=1S/C9H17BrN4/c1-4-9(5-2,7-10)6-8-11-13-14(3)12-8/h4-7H2,1-3H3. The molecule has 0 aliphatic rings. The molecular formula is C9H17BrN4. The molecule has 80 valence electrons. The summed E-state index contributed by atoms with van der Waals surface area (Å²) >= 11 is 3.57. The van der Waals surface area contributed by atoms with Crippen LogP contribution < -0.4 is 0 Å². The van der Waals surface area contributed by atoms with Gasteiger partial charge in [-0.3, -0.25) is 0 Å². The number of rotatable bonds is 5. The number of hydrogen-bond acceptors (Lipinski definition) is 3. The SMILES string of the molecule is CCC(CC)(CBr)Cc1nnn(C)n1. The van der Waals surface area contributed by atoms with Gasteiger partial charge in [0.2, 0.25) is 0 Å². The molecule has 1 aromatic rings. The Morgan fingerprint density at radius 3 is 2.36 bits per heavy atom. The van der Waals surface area contributed by atoms with E-state index in [-0.39, 0.29) is 5.41 Å². The Kier molecular flexibility index (Phi) is 4.04. The first-order chi connectivity index (χ1) is 6.65. The van der Waals surface area contributed by atoms with Crippen molar-refractivity contribution >= 4 is 15.9 Å². The first-order valence-electron chi connectivity index (χ1n) is 4.94. The number of tetrazole rings is 1. The van der Waals surface area contributed by atoms with Crippen LogP contribution in [0.2, 0.25) is 0 Å². The van der Waals surface area contributed by atoms with Crippen molar-refractivity contribution in [3.63, 3.8) is 0 Å². The third-order valence-electron chi connectivity index (χ3n) is 2.87. The number of halogens is 1. The smallest absolute Gasteiger partial charge is 0.167 e. The van der Waals surface area contributed by atoms with E-state index in [0.717, 1.165) is 30.4 Å². The van der Waals surface area contributed by atoms with Crippen LogP contribution in [0.5, 0.6) is 0 Å². The normalized spacial score (nSPS) is 12.0. The lowest BCUT2D eigenvalue weighted by molar-refractivity contribution is 0.300. The van der Waals surface area contributed by atoms with Crippen molar-refractivity contribution in [1.82, 2.24) is 20.2 Å². The lowest BCUT2D eigenvalue weighted by Crippen LogP contribution is -2.24. The third-order valence-corrected chi connectivity index (χ3v) is 4.06. The predicted octanol–water partition coefficient (Wildman–Crippen LogP) is 1.95. The van der Waals surface area contributed by atoms with Crippen molar-refractivity contribution in [2.75, 3.05) is 5.33 Å². The highest BCUT2D eigenvalue weighted by molar-refractivity contribution is 9.09. The topological polar surface area (TPSA) is 43.6 Å². The van der Waals surface area contributed by atoms with Crippen molar-refractivity contribution in [1.29, 1.82) is 0 Å². The first-order valence-corrected chi connectivity index (χ1v) is 6.07. The van der Waals surface area contributed by atoms with Crippen LogP contribution >= 0.6 is 15.9 Å². The fraction of sp³-hybridized carbons (Fsp3) is 0.889. The van der Waals surface area contributed by atoms with Gasteiger partial charge in [-0.25, -0.2) is 0 Å². The van der Waals surface area contributed by atoms with Crippen LogP contribution in [0.1, 0.15) is 32.5 Å². The van der Waals surface area contributed by atoms with E-state index in [1.54, 1.807) is 7.05 Å². The van der Waals surface area contributed by atoms with Gasteiger partial charge >= 0.3 is 0 Å². The minimum atomic E-state index is 0.281. The second kappa shape index (κ2) is 4.87. The molecular weight excluding hydrogens is 244 g/mol. The molecule has 0 N–H and O–H groups in total. The molecule has 0 spiro atoms. The maximum Gasteiger partial charge on any atom is 0.175 e. The summed E-state index contributed by atoms with van der Waals surface area (Å²) in [6, 6.07) is 0. The van der Waals surface area contributed by atoms with Gasteiger partial charge in [-0.1, -0.05) is 29.8 Å². The molecule has 0 atom stereocenters. The molecule has 0 aliphatic heterocycles. The van der Waals surface area contributed by atoms with Crippen molar-refractivity contribution in [2.24, 2.45) is 12.5 Å². The largest absolute Gasteiger partial charge is 0.175 e. The minimum absolute atomic E-state index is 0.281. The zero-order valence-electron chi connectivity index (χ0n) is 9.00. The summed E-state index contributed by atoms with van der Waals surface area (Å²) in [5.41, 5.74) is 0.281. The van der Waals surface area contributed by atoms with Crippen LogP contribution in [0.15, 0.2) is 0 Å². The van der Waals surface area contributed by atoms with E-state index >= 15 is 0 Å². The molecule has 0 bridgehead atoms. The van der Waals surface area contributed by atoms with Crippen LogP contribution in [0.25, 0.3) is 0 Å². The van der Waals surface area contributed by atoms with Crippen LogP contribution in [-0.2, 0) is 13.5 Å². The van der Waals surface area contributed by atoms with Gasteiger partial charge in [0, 0.05) is 11.8 Å². The van der Waals surface area contributed by atoms with Gasteiger partial charge in [0.1, 0.15) is 0 Å². The molecule has 1 aromatic heterocycles. The van der Waals surface area contributed by atoms with Gasteiger partial charge < -0.3 is 0 Å². The Labute approximate surface area is 93.2 Å². The number of hydrogen-bond donors (Lipinski definition) is 0. The second-order valence-electron chi connectivity index (χ2n) is 3.71. The van der Waals surface area contributed by atoms with Crippen LogP contribution in [-0.4, -0.2) is 25.5 Å². The second-order valence-corrected chi connectivity index (χ2v) is 4.27. The third kappa shape index (κ3) is 2.53. The molecule has 1 heterocycles. The van der Waals surface area contributed by atoms with Crippen molar-refractivity contribution in [3.05, 3.63) is 5.82 Å². The maximum absolute atomic E-state index is 4.21. The highest BCUT2D eigenvalue weighted by Gasteiger charge is 2.27. The average Bonchev–Trinajstić information content (AvgIpc) is 2.61. The van der Waals surface area contributed by atoms with Crippen molar-refractivity contribution in [3.8, 4) is 0 Å². The molecule has 0 aliphatic carbocycles. The molecule has 0 aromatic carbocycles. The Bertz CT molecular complexity index is 272. The zero-order chi connectivity index (χ0) is 10.6. The molecule has 0 amide bonds. The molecule has 0 saturated carbocycles. The average molecular weight is 261 g/mol. The lowest BCUT2D eigenvalue weighted by atomic mass is 9.81. The fourth-order valence-electron chi connectivity index (χ4n) is 1.47. The molecule has 0 saturated heterocycles. The zero-order valence-corrected chi connectivity index (χ0v) is 10.6. The van der Waals surface area contributed by atoms with Gasteiger partial charge in [-0.05, 0) is 23.5 Å². The van der Waals surface area contributed by atoms with E-state index in [1.165, 1.54) is 4.80 Å². The van der Waals surface area contributed by atoms with E-state index in [9.17, 15) is 0 Å². The summed E-state index contributed by atoms with van der Waals surface area (Å²) in [6.07, 6.45) is 3.17. The van der Waals surface area contributed by atoms with Gasteiger partial charge in [0.05, 0.1) is 7.05 Å². The van der Waals surface area contributed by atoms with Gasteiger partial charge in [0.25, 0.3) is 0 Å². The summed E-state index contributed by atoms with van der Waals surface area (Å²) < 4.78 is 0. The monoisotopic (exact) mass is 260 g/mol. The van der Waals surface area contributed by atoms with Crippen LogP contribution in [0, 0.1) is 5.41 Å². The Balaban J connectivity index is 2.73. The summed E-state index contributed by atoms with van der Waals surface area (Å²) in [5.74, 6) is 0.843. The molecule has 0 unspecified atom stereocenters. The lowest BCUT2D eigenvalue weighted by Gasteiger charge is -2.27. The van der Waals surface area contributed by atoms with Gasteiger partial charge in [0.15, 0.2) is 5.82 Å². The predicted molar refractivity (Wildman–Crippen MR) is 59.3 cm³/mol. The summed E-state index contributed by atoms with van der Waals surface area (Å²) in [4.78, 5) is 1.51. The Morgan fingerprint density at radius 2 is 2.00 bits per heavy atom. The van der Waals surface area contributed by atoms with Crippen molar-refractivity contribution < 1.29 is 0 Å². The maximum atomic E-state index is 4.21. The van der Waals surface area contributed by atoms with E-state index < -0.39 is 0 Å². The van der Waals surface area contributed by atoms with E-state index in [4.69, 9.17) is 0 Å². The molecule has 0 radical (unpaired) electrons. The molecule has 0 fully saturated rings. The van der Waals surface area contributed by atoms with E-state index in [0.29, 0.717) is 0 Å². The number of alkyl halides is 1. The van der Waals surface area contributed by atoms with Crippen LogP contribution in [0.3, 0.4) is 0 Å². The highest BCUT2D eigenvalue weighted by atomic mass is 79.9. The van der Waals surface area contributed by atoms with E-state index in [1.807, 2.05) is 0 Å².